The van der Waals surface area contributed by atoms with Crippen LogP contribution in [0.3, 0.4) is 0 Å². The molecule has 0 N–H and O–H groups in total. The van der Waals surface area contributed by atoms with E-state index in [-0.39, 0.29) is 48.2 Å². The predicted molar refractivity (Wildman–Crippen MR) is 151 cm³/mol. The molecule has 1 atom stereocenters. The first-order valence-corrected chi connectivity index (χ1v) is 14.2. The van der Waals surface area contributed by atoms with Gasteiger partial charge in [0.05, 0.1) is 49.9 Å². The second-order valence-corrected chi connectivity index (χ2v) is 10.9. The Morgan fingerprint density at radius 1 is 1.09 bits per heavy atom. The zero-order valence-electron chi connectivity index (χ0n) is 24.9. The van der Waals surface area contributed by atoms with Crippen molar-refractivity contribution in [1.29, 1.82) is 0 Å². The number of hydrogen-bond acceptors (Lipinski definition) is 8. The van der Waals surface area contributed by atoms with E-state index in [4.69, 9.17) is 14.2 Å². The average Bonchev–Trinajstić information content (AvgIpc) is 3.51. The van der Waals surface area contributed by atoms with Crippen LogP contribution >= 0.6 is 0 Å². The van der Waals surface area contributed by atoms with E-state index in [2.05, 4.69) is 22.1 Å². The highest BCUT2D eigenvalue weighted by Gasteiger charge is 2.37. The number of methoxy groups -OCH3 is 2. The topological polar surface area (TPSA) is 109 Å². The molecule has 1 fully saturated rings. The minimum atomic E-state index is -4.89. The number of ether oxygens (including phenoxy) is 3. The maximum absolute atomic E-state index is 15.7. The minimum Gasteiger partial charge on any atom is -0.465 e. The molecule has 3 aromatic rings. The number of amides is 1. The van der Waals surface area contributed by atoms with Crippen molar-refractivity contribution < 1.29 is 41.4 Å². The van der Waals surface area contributed by atoms with Crippen LogP contribution in [0.5, 0.6) is 11.6 Å². The van der Waals surface area contributed by atoms with Crippen molar-refractivity contribution in [3.63, 3.8) is 0 Å². The molecule has 0 radical (unpaired) electrons. The lowest BCUT2D eigenvalue weighted by Crippen LogP contribution is -2.46. The Labute approximate surface area is 252 Å². The van der Waals surface area contributed by atoms with Crippen LogP contribution in [-0.4, -0.2) is 58.7 Å². The Morgan fingerprint density at radius 2 is 1.77 bits per heavy atom. The minimum absolute atomic E-state index is 0.0804. The van der Waals surface area contributed by atoms with Crippen molar-refractivity contribution in [1.82, 2.24) is 20.0 Å². The fourth-order valence-electron chi connectivity index (χ4n) is 5.30. The number of carbonyl (C=O) groups excluding carboxylic acids is 2. The van der Waals surface area contributed by atoms with Gasteiger partial charge in [-0.15, -0.1) is 0 Å². The molecule has 0 spiro atoms. The van der Waals surface area contributed by atoms with Crippen LogP contribution in [-0.2, 0) is 33.4 Å². The Hall–Kier alpha value is -4.07. The van der Waals surface area contributed by atoms with Gasteiger partial charge in [-0.1, -0.05) is 6.92 Å². The maximum atomic E-state index is 15.7. The molecule has 44 heavy (non-hydrogen) atoms. The molecule has 0 unspecified atom stereocenters. The van der Waals surface area contributed by atoms with E-state index in [1.54, 1.807) is 6.92 Å². The molecule has 1 aliphatic rings. The van der Waals surface area contributed by atoms with E-state index in [9.17, 15) is 22.8 Å². The number of halogens is 4. The second kappa shape index (κ2) is 14.1. The molecule has 14 heteroatoms. The van der Waals surface area contributed by atoms with Gasteiger partial charge in [-0.05, 0) is 56.6 Å². The first-order valence-electron chi connectivity index (χ1n) is 14.2. The lowest BCUT2D eigenvalue weighted by Gasteiger charge is -2.35. The summed E-state index contributed by atoms with van der Waals surface area (Å²) in [4.78, 5) is 33.2. The highest BCUT2D eigenvalue weighted by atomic mass is 19.4. The van der Waals surface area contributed by atoms with Gasteiger partial charge in [-0.2, -0.15) is 28.2 Å². The molecule has 238 valence electrons. The summed E-state index contributed by atoms with van der Waals surface area (Å²) in [5.74, 6) is -3.82. The van der Waals surface area contributed by atoms with Crippen LogP contribution in [0.2, 0.25) is 0 Å². The number of pyridine rings is 1. The summed E-state index contributed by atoms with van der Waals surface area (Å²) in [5.41, 5.74) is -1.36. The Kier molecular flexibility index (Phi) is 10.6. The van der Waals surface area contributed by atoms with E-state index in [0.29, 0.717) is 18.8 Å². The summed E-state index contributed by atoms with van der Waals surface area (Å²) >= 11 is 0. The van der Waals surface area contributed by atoms with Gasteiger partial charge < -0.3 is 19.1 Å². The lowest BCUT2D eigenvalue weighted by molar-refractivity contribution is -0.139. The molecular weight excluding hydrogens is 586 g/mol. The third kappa shape index (κ3) is 7.71. The van der Waals surface area contributed by atoms with Gasteiger partial charge in [0.1, 0.15) is 5.56 Å². The van der Waals surface area contributed by atoms with Crippen molar-refractivity contribution >= 4 is 17.6 Å². The molecule has 0 saturated heterocycles. The van der Waals surface area contributed by atoms with Crippen molar-refractivity contribution in [2.45, 2.75) is 64.7 Å². The number of esters is 1. The molecule has 0 aliphatic heterocycles. The normalized spacial score (nSPS) is 17.6. The molecule has 1 aromatic carbocycles. The first-order chi connectivity index (χ1) is 20.9. The quantitative estimate of drug-likeness (QED) is 0.194. The fraction of sp³-hybridized carbons (Fsp3) is 0.500. The van der Waals surface area contributed by atoms with Crippen molar-refractivity contribution in [3.05, 3.63) is 59.3 Å². The van der Waals surface area contributed by atoms with Crippen LogP contribution in [0.1, 0.15) is 61.0 Å². The van der Waals surface area contributed by atoms with Gasteiger partial charge in [0.15, 0.2) is 11.6 Å². The number of anilines is 1. The number of aryl methyl sites for hydroxylation is 2. The van der Waals surface area contributed by atoms with E-state index in [1.165, 1.54) is 35.4 Å². The van der Waals surface area contributed by atoms with Gasteiger partial charge in [-0.25, -0.2) is 14.2 Å². The second-order valence-electron chi connectivity index (χ2n) is 10.9. The molecule has 2 aromatic heterocycles. The summed E-state index contributed by atoms with van der Waals surface area (Å²) in [6.07, 6.45) is 2.29. The van der Waals surface area contributed by atoms with Crippen LogP contribution in [0.15, 0.2) is 36.8 Å². The number of alkyl halides is 3. The van der Waals surface area contributed by atoms with E-state index in [1.807, 2.05) is 0 Å². The monoisotopic (exact) mass is 621 g/mol. The van der Waals surface area contributed by atoms with Gasteiger partial charge in [0, 0.05) is 31.4 Å². The van der Waals surface area contributed by atoms with Gasteiger partial charge in [-0.3, -0.25) is 4.79 Å². The summed E-state index contributed by atoms with van der Waals surface area (Å²) in [7, 11) is 2.55. The number of hydrogen-bond donors (Lipinski definition) is 0. The molecule has 0 bridgehead atoms. The predicted octanol–water partition coefficient (Wildman–Crippen LogP) is 5.85. The first kappa shape index (κ1) is 32.8. The molecule has 10 nitrogen and oxygen atoms in total. The molecule has 1 amide bonds. The summed E-state index contributed by atoms with van der Waals surface area (Å²) in [5, 5.41) is 7.85. The number of carbonyl (C=O) groups is 2. The van der Waals surface area contributed by atoms with E-state index >= 15 is 4.39 Å². The number of benzene rings is 1. The number of rotatable bonds is 11. The third-order valence-electron chi connectivity index (χ3n) is 7.65. The standard InChI is InChI=1S/C30H35F4N5O5/c1-18-5-7-21(8-6-18)28(40)39(19(2)17-42-3)25-15-24(31)26(14-22(25)29(41)43-4)44-27-23(30(32,33)34)13-20(16-35-27)9-12-38-36-10-11-37-38/h10-11,13-16,18-19,21H,5-9,12,17H2,1-4H3/t18-,19-,21-/m0/s1. The van der Waals surface area contributed by atoms with Gasteiger partial charge in [0.2, 0.25) is 11.8 Å². The molecular formula is C30H35F4N5O5. The zero-order valence-corrected chi connectivity index (χ0v) is 24.9. The smallest absolute Gasteiger partial charge is 0.421 e. The molecule has 2 heterocycles. The van der Waals surface area contributed by atoms with Crippen LogP contribution in [0, 0.1) is 17.7 Å². The zero-order chi connectivity index (χ0) is 32.0. The summed E-state index contributed by atoms with van der Waals surface area (Å²) < 4.78 is 73.4. The van der Waals surface area contributed by atoms with Crippen molar-refractivity contribution in [3.8, 4) is 11.6 Å². The molecule has 4 rings (SSSR count). The van der Waals surface area contributed by atoms with Crippen molar-refractivity contribution in [2.75, 3.05) is 25.7 Å². The Bertz CT molecular complexity index is 1440. The maximum Gasteiger partial charge on any atom is 0.421 e. The van der Waals surface area contributed by atoms with Crippen LogP contribution < -0.4 is 9.64 Å². The van der Waals surface area contributed by atoms with Gasteiger partial charge in [0.25, 0.3) is 0 Å². The van der Waals surface area contributed by atoms with Crippen LogP contribution in [0.25, 0.3) is 0 Å². The molecule has 1 saturated carbocycles. The van der Waals surface area contributed by atoms with E-state index < -0.39 is 41.2 Å². The Morgan fingerprint density at radius 3 is 2.39 bits per heavy atom. The third-order valence-corrected chi connectivity index (χ3v) is 7.65. The molecule has 1 aliphatic carbocycles. The largest absolute Gasteiger partial charge is 0.465 e. The van der Waals surface area contributed by atoms with Crippen molar-refractivity contribution in [2.24, 2.45) is 11.8 Å². The summed E-state index contributed by atoms with van der Waals surface area (Å²) in [6, 6.07) is 2.08. The lowest BCUT2D eigenvalue weighted by atomic mass is 9.82. The summed E-state index contributed by atoms with van der Waals surface area (Å²) in [6.45, 7) is 4.10. The van der Waals surface area contributed by atoms with Gasteiger partial charge >= 0.3 is 12.1 Å². The van der Waals surface area contributed by atoms with Crippen LogP contribution in [0.4, 0.5) is 23.2 Å². The number of aromatic nitrogens is 4. The SMILES string of the molecule is COC[C@H](C)N(c1cc(F)c(Oc2ncc(CCn3nccn3)cc2C(F)(F)F)cc1C(=O)OC)C(=O)[C@H]1CC[C@H](C)CC1. The fourth-order valence-corrected chi connectivity index (χ4v) is 5.30. The highest BCUT2D eigenvalue weighted by Crippen LogP contribution is 2.40. The Balaban J connectivity index is 1.71. The highest BCUT2D eigenvalue weighted by molar-refractivity contribution is 6.04. The average molecular weight is 622 g/mol. The van der Waals surface area contributed by atoms with E-state index in [0.717, 1.165) is 38.2 Å². The number of nitrogens with zero attached hydrogens (tertiary/aromatic N) is 5.